The summed E-state index contributed by atoms with van der Waals surface area (Å²) in [5, 5.41) is 5.37. The Balaban J connectivity index is 1.76. The molecule has 0 bridgehead atoms. The number of aromatic amines is 1. The smallest absolute Gasteiger partial charge is 0.166 e. The van der Waals surface area contributed by atoms with E-state index >= 15 is 0 Å². The minimum atomic E-state index is 0.626. The molecule has 108 valence electrons. The minimum absolute atomic E-state index is 0.626. The van der Waals surface area contributed by atoms with Gasteiger partial charge in [0.15, 0.2) is 5.16 Å². The zero-order valence-electron chi connectivity index (χ0n) is 12.1. The Hall–Kier alpha value is -1.00. The van der Waals surface area contributed by atoms with Crippen molar-refractivity contribution in [2.45, 2.75) is 55.5 Å². The second-order valence-electron chi connectivity index (χ2n) is 5.52. The molecule has 1 fully saturated rings. The number of H-pyrrole nitrogens is 1. The van der Waals surface area contributed by atoms with Crippen LogP contribution in [0.3, 0.4) is 0 Å². The number of nitrogens with zero attached hydrogens (tertiary/aromatic N) is 1. The van der Waals surface area contributed by atoms with Gasteiger partial charge in [0.1, 0.15) is 0 Å². The zero-order valence-corrected chi connectivity index (χ0v) is 12.9. The van der Waals surface area contributed by atoms with Crippen LogP contribution in [0.1, 0.15) is 39.0 Å². The lowest BCUT2D eigenvalue weighted by molar-refractivity contribution is 0.482. The third-order valence-corrected chi connectivity index (χ3v) is 5.33. The largest absolute Gasteiger partial charge is 0.333 e. The number of thioether (sulfide) groups is 1. The number of benzene rings is 1. The van der Waals surface area contributed by atoms with Gasteiger partial charge in [-0.05, 0) is 31.5 Å². The fourth-order valence-electron chi connectivity index (χ4n) is 3.04. The number of imidazole rings is 1. The molecule has 1 heterocycles. The third kappa shape index (κ3) is 3.18. The van der Waals surface area contributed by atoms with Gasteiger partial charge < -0.3 is 10.3 Å². The molecular weight excluding hydrogens is 266 g/mol. The molecule has 0 radical (unpaired) electrons. The average molecular weight is 289 g/mol. The van der Waals surface area contributed by atoms with Gasteiger partial charge in [-0.3, -0.25) is 0 Å². The number of hydrogen-bond acceptors (Lipinski definition) is 3. The maximum Gasteiger partial charge on any atom is 0.166 e. The molecule has 0 amide bonds. The van der Waals surface area contributed by atoms with Gasteiger partial charge in [0.05, 0.1) is 11.0 Å². The molecule has 4 heteroatoms. The SMILES string of the molecule is CCNC1CCCCCC1Sc1nc2ccccc2[nH]1. The first-order valence-electron chi connectivity index (χ1n) is 7.71. The van der Waals surface area contributed by atoms with Crippen LogP contribution in [0.25, 0.3) is 11.0 Å². The molecule has 0 aliphatic heterocycles. The summed E-state index contributed by atoms with van der Waals surface area (Å²) in [5.74, 6) is 0. The predicted octanol–water partition coefficient (Wildman–Crippen LogP) is 3.97. The molecular formula is C16H23N3S. The second-order valence-corrected chi connectivity index (χ2v) is 6.75. The first-order valence-corrected chi connectivity index (χ1v) is 8.59. The molecule has 2 unspecified atom stereocenters. The van der Waals surface area contributed by atoms with E-state index in [1.807, 2.05) is 17.8 Å². The Labute approximate surface area is 124 Å². The molecule has 3 nitrogen and oxygen atoms in total. The third-order valence-electron chi connectivity index (χ3n) is 4.05. The highest BCUT2D eigenvalue weighted by atomic mass is 32.2. The van der Waals surface area contributed by atoms with E-state index in [0.717, 1.165) is 22.7 Å². The highest BCUT2D eigenvalue weighted by Gasteiger charge is 2.24. The minimum Gasteiger partial charge on any atom is -0.333 e. The van der Waals surface area contributed by atoms with Gasteiger partial charge in [-0.1, -0.05) is 50.1 Å². The molecule has 0 spiro atoms. The zero-order chi connectivity index (χ0) is 13.8. The van der Waals surface area contributed by atoms with Crippen molar-refractivity contribution in [1.82, 2.24) is 15.3 Å². The van der Waals surface area contributed by atoms with Gasteiger partial charge in [-0.25, -0.2) is 4.98 Å². The summed E-state index contributed by atoms with van der Waals surface area (Å²) in [4.78, 5) is 8.16. The number of fused-ring (bicyclic) bond motifs is 1. The van der Waals surface area contributed by atoms with Crippen LogP contribution in [0.15, 0.2) is 29.4 Å². The summed E-state index contributed by atoms with van der Waals surface area (Å²) in [6, 6.07) is 8.90. The second kappa shape index (κ2) is 6.64. The van der Waals surface area contributed by atoms with E-state index in [9.17, 15) is 0 Å². The molecule has 2 atom stereocenters. The molecule has 3 rings (SSSR count). The van der Waals surface area contributed by atoms with Crippen molar-refractivity contribution in [3.05, 3.63) is 24.3 Å². The highest BCUT2D eigenvalue weighted by Crippen LogP contribution is 2.32. The standard InChI is InChI=1S/C16H23N3S/c1-2-17-14-10-4-3-5-11-15(14)20-16-18-12-8-6-7-9-13(12)19-16/h6-9,14-15,17H,2-5,10-11H2,1H3,(H,18,19). The molecule has 1 aliphatic carbocycles. The quantitative estimate of drug-likeness (QED) is 0.837. The van der Waals surface area contributed by atoms with E-state index in [-0.39, 0.29) is 0 Å². The van der Waals surface area contributed by atoms with Crippen molar-refractivity contribution in [3.8, 4) is 0 Å². The first-order chi connectivity index (χ1) is 9.86. The van der Waals surface area contributed by atoms with Crippen molar-refractivity contribution >= 4 is 22.8 Å². The molecule has 2 aromatic rings. The van der Waals surface area contributed by atoms with Gasteiger partial charge >= 0.3 is 0 Å². The van der Waals surface area contributed by atoms with Crippen LogP contribution in [-0.4, -0.2) is 27.8 Å². The molecule has 1 aromatic heterocycles. The molecule has 1 aliphatic rings. The van der Waals surface area contributed by atoms with E-state index in [1.54, 1.807) is 0 Å². The van der Waals surface area contributed by atoms with Crippen LogP contribution in [0, 0.1) is 0 Å². The van der Waals surface area contributed by atoms with Gasteiger partial charge in [-0.15, -0.1) is 0 Å². The lowest BCUT2D eigenvalue weighted by Crippen LogP contribution is -2.37. The summed E-state index contributed by atoms with van der Waals surface area (Å²) in [6.45, 7) is 3.26. The summed E-state index contributed by atoms with van der Waals surface area (Å²) in [6.07, 6.45) is 6.67. The van der Waals surface area contributed by atoms with Gasteiger partial charge in [0.25, 0.3) is 0 Å². The number of nitrogens with one attached hydrogen (secondary N) is 2. The number of para-hydroxylation sites is 2. The molecule has 1 saturated carbocycles. The molecule has 1 aromatic carbocycles. The maximum absolute atomic E-state index is 4.71. The monoisotopic (exact) mass is 289 g/mol. The fourth-order valence-corrected chi connectivity index (χ4v) is 4.33. The highest BCUT2D eigenvalue weighted by molar-refractivity contribution is 7.99. The Morgan fingerprint density at radius 1 is 1.25 bits per heavy atom. The van der Waals surface area contributed by atoms with Crippen LogP contribution in [-0.2, 0) is 0 Å². The first kappa shape index (κ1) is 14.0. The van der Waals surface area contributed by atoms with Crippen molar-refractivity contribution in [2.75, 3.05) is 6.54 Å². The van der Waals surface area contributed by atoms with Crippen LogP contribution >= 0.6 is 11.8 Å². The van der Waals surface area contributed by atoms with E-state index in [2.05, 4.69) is 35.4 Å². The Morgan fingerprint density at radius 3 is 2.95 bits per heavy atom. The van der Waals surface area contributed by atoms with Crippen molar-refractivity contribution in [3.63, 3.8) is 0 Å². The van der Waals surface area contributed by atoms with Crippen LogP contribution < -0.4 is 5.32 Å². The van der Waals surface area contributed by atoms with Crippen LogP contribution in [0.2, 0.25) is 0 Å². The molecule has 0 saturated heterocycles. The summed E-state index contributed by atoms with van der Waals surface area (Å²) in [5.41, 5.74) is 2.22. The molecule has 2 N–H and O–H groups in total. The van der Waals surface area contributed by atoms with E-state index in [4.69, 9.17) is 4.98 Å². The number of hydrogen-bond donors (Lipinski definition) is 2. The number of aromatic nitrogens is 2. The van der Waals surface area contributed by atoms with Crippen LogP contribution in [0.5, 0.6) is 0 Å². The maximum atomic E-state index is 4.71. The molecule has 20 heavy (non-hydrogen) atoms. The van der Waals surface area contributed by atoms with Crippen molar-refractivity contribution in [2.24, 2.45) is 0 Å². The Bertz CT molecular complexity index is 518. The Morgan fingerprint density at radius 2 is 2.10 bits per heavy atom. The van der Waals surface area contributed by atoms with Gasteiger partial charge in [-0.2, -0.15) is 0 Å². The van der Waals surface area contributed by atoms with E-state index in [0.29, 0.717) is 11.3 Å². The average Bonchev–Trinajstić information content (AvgIpc) is 2.74. The van der Waals surface area contributed by atoms with E-state index in [1.165, 1.54) is 32.1 Å². The lowest BCUT2D eigenvalue weighted by Gasteiger charge is -2.24. The normalized spacial score (nSPS) is 23.9. The summed E-state index contributed by atoms with van der Waals surface area (Å²) in [7, 11) is 0. The van der Waals surface area contributed by atoms with Crippen molar-refractivity contribution < 1.29 is 0 Å². The van der Waals surface area contributed by atoms with Gasteiger partial charge in [0.2, 0.25) is 0 Å². The van der Waals surface area contributed by atoms with Crippen molar-refractivity contribution in [1.29, 1.82) is 0 Å². The van der Waals surface area contributed by atoms with E-state index < -0.39 is 0 Å². The van der Waals surface area contributed by atoms with Crippen LogP contribution in [0.4, 0.5) is 0 Å². The predicted molar refractivity (Wildman–Crippen MR) is 86.3 cm³/mol. The Kier molecular flexibility index (Phi) is 4.63. The lowest BCUT2D eigenvalue weighted by atomic mass is 10.1. The summed E-state index contributed by atoms with van der Waals surface area (Å²) >= 11 is 1.92. The number of rotatable bonds is 4. The summed E-state index contributed by atoms with van der Waals surface area (Å²) < 4.78 is 0. The topological polar surface area (TPSA) is 40.7 Å². The van der Waals surface area contributed by atoms with Gasteiger partial charge in [0, 0.05) is 11.3 Å². The fraction of sp³-hybridized carbons (Fsp3) is 0.562.